The van der Waals surface area contributed by atoms with Crippen LogP contribution in [-0.2, 0) is 14.4 Å². The number of carbonyl (C=O) groups excluding carboxylic acids is 2. The zero-order chi connectivity index (χ0) is 12.3. The molecular weight excluding hydrogens is 212 g/mol. The molecule has 0 bridgehead atoms. The minimum absolute atomic E-state index is 0.299. The Hall–Kier alpha value is -1.59. The smallest absolute Gasteiger partial charge is 0.326 e. The van der Waals surface area contributed by atoms with E-state index in [1.807, 2.05) is 0 Å². The lowest BCUT2D eigenvalue weighted by Gasteiger charge is -2.24. The van der Waals surface area contributed by atoms with Crippen LogP contribution in [0.5, 0.6) is 0 Å². The van der Waals surface area contributed by atoms with Crippen molar-refractivity contribution in [2.24, 2.45) is 0 Å². The van der Waals surface area contributed by atoms with Crippen molar-refractivity contribution in [3.63, 3.8) is 0 Å². The molecule has 1 aliphatic rings. The summed E-state index contributed by atoms with van der Waals surface area (Å²) < 4.78 is 0. The van der Waals surface area contributed by atoms with Gasteiger partial charge in [-0.3, -0.25) is 9.59 Å². The van der Waals surface area contributed by atoms with Gasteiger partial charge >= 0.3 is 5.97 Å². The summed E-state index contributed by atoms with van der Waals surface area (Å²) in [6.07, 6.45) is 1.17. The maximum absolute atomic E-state index is 11.8. The van der Waals surface area contributed by atoms with E-state index in [0.717, 1.165) is 0 Å². The van der Waals surface area contributed by atoms with Gasteiger partial charge in [0.05, 0.1) is 0 Å². The largest absolute Gasteiger partial charge is 0.480 e. The molecule has 16 heavy (non-hydrogen) atoms. The molecule has 0 aromatic carbocycles. The second-order valence-corrected chi connectivity index (χ2v) is 3.95. The topological polar surface area (TPSA) is 86.7 Å². The van der Waals surface area contributed by atoms with Gasteiger partial charge in [0.2, 0.25) is 11.8 Å². The molecule has 2 atom stereocenters. The molecule has 1 fully saturated rings. The fraction of sp³-hybridized carbons (Fsp3) is 0.700. The molecule has 6 heteroatoms. The standard InChI is InChI=1S/C10H16N2O4/c1-6(11-7(2)13)9(14)12-5-3-4-8(12)10(15)16/h6,8H,3-5H2,1-2H3,(H,11,13)(H,15,16)/t6-,8?/m0/s1. The summed E-state index contributed by atoms with van der Waals surface area (Å²) in [5, 5.41) is 11.4. The average molecular weight is 228 g/mol. The lowest BCUT2D eigenvalue weighted by molar-refractivity contribution is -0.149. The molecule has 1 unspecified atom stereocenters. The maximum Gasteiger partial charge on any atom is 0.326 e. The van der Waals surface area contributed by atoms with E-state index in [4.69, 9.17) is 5.11 Å². The van der Waals surface area contributed by atoms with Crippen molar-refractivity contribution < 1.29 is 19.5 Å². The molecule has 2 amide bonds. The minimum Gasteiger partial charge on any atom is -0.480 e. The van der Waals surface area contributed by atoms with E-state index in [0.29, 0.717) is 19.4 Å². The van der Waals surface area contributed by atoms with Crippen LogP contribution in [0.1, 0.15) is 26.7 Å². The molecule has 0 aromatic heterocycles. The van der Waals surface area contributed by atoms with Crippen LogP contribution in [-0.4, -0.2) is 46.4 Å². The molecule has 0 aromatic rings. The molecule has 0 spiro atoms. The van der Waals surface area contributed by atoms with Crippen molar-refractivity contribution >= 4 is 17.8 Å². The van der Waals surface area contributed by atoms with Gasteiger partial charge in [-0.25, -0.2) is 4.79 Å². The predicted molar refractivity (Wildman–Crippen MR) is 55.6 cm³/mol. The van der Waals surface area contributed by atoms with E-state index < -0.39 is 18.1 Å². The first-order chi connectivity index (χ1) is 7.43. The van der Waals surface area contributed by atoms with Gasteiger partial charge in [-0.15, -0.1) is 0 Å². The number of hydrogen-bond acceptors (Lipinski definition) is 3. The summed E-state index contributed by atoms with van der Waals surface area (Å²) in [4.78, 5) is 34.8. The number of nitrogens with zero attached hydrogens (tertiary/aromatic N) is 1. The molecule has 0 radical (unpaired) electrons. The maximum atomic E-state index is 11.8. The highest BCUT2D eigenvalue weighted by Gasteiger charge is 2.35. The molecular formula is C10H16N2O4. The first-order valence-corrected chi connectivity index (χ1v) is 5.24. The van der Waals surface area contributed by atoms with Crippen LogP contribution in [0.4, 0.5) is 0 Å². The molecule has 90 valence electrons. The third-order valence-corrected chi connectivity index (χ3v) is 2.61. The first-order valence-electron chi connectivity index (χ1n) is 5.24. The van der Waals surface area contributed by atoms with Crippen molar-refractivity contribution in [1.29, 1.82) is 0 Å². The van der Waals surface area contributed by atoms with Crippen molar-refractivity contribution in [2.45, 2.75) is 38.8 Å². The fourth-order valence-corrected chi connectivity index (χ4v) is 1.90. The minimum atomic E-state index is -0.985. The number of aliphatic carboxylic acids is 1. The van der Waals surface area contributed by atoms with Crippen LogP contribution < -0.4 is 5.32 Å². The zero-order valence-corrected chi connectivity index (χ0v) is 9.40. The third kappa shape index (κ3) is 2.71. The van der Waals surface area contributed by atoms with Gasteiger partial charge in [0.25, 0.3) is 0 Å². The summed E-state index contributed by atoms with van der Waals surface area (Å²) in [5.74, 6) is -1.62. The van der Waals surface area contributed by atoms with Gasteiger partial charge in [0.15, 0.2) is 0 Å². The SMILES string of the molecule is CC(=O)N[C@@H](C)C(=O)N1CCCC1C(=O)O. The molecule has 6 nitrogen and oxygen atoms in total. The molecule has 1 saturated heterocycles. The van der Waals surface area contributed by atoms with E-state index in [1.165, 1.54) is 11.8 Å². The number of likely N-dealkylation sites (tertiary alicyclic amines) is 1. The van der Waals surface area contributed by atoms with E-state index in [-0.39, 0.29) is 11.8 Å². The van der Waals surface area contributed by atoms with Crippen molar-refractivity contribution in [3.05, 3.63) is 0 Å². The fourth-order valence-electron chi connectivity index (χ4n) is 1.90. The van der Waals surface area contributed by atoms with Crippen LogP contribution in [0.25, 0.3) is 0 Å². The highest BCUT2D eigenvalue weighted by Crippen LogP contribution is 2.18. The normalized spacial score (nSPS) is 21.6. The Labute approximate surface area is 93.6 Å². The van der Waals surface area contributed by atoms with Crippen LogP contribution in [0.2, 0.25) is 0 Å². The lowest BCUT2D eigenvalue weighted by Crippen LogP contribution is -2.50. The van der Waals surface area contributed by atoms with Crippen LogP contribution >= 0.6 is 0 Å². The quantitative estimate of drug-likeness (QED) is 0.687. The number of nitrogens with one attached hydrogen (secondary N) is 1. The van der Waals surface area contributed by atoms with E-state index in [1.54, 1.807) is 6.92 Å². The molecule has 0 aliphatic carbocycles. The van der Waals surface area contributed by atoms with Crippen LogP contribution in [0.15, 0.2) is 0 Å². The molecule has 2 N–H and O–H groups in total. The second kappa shape index (κ2) is 4.96. The Kier molecular flexibility index (Phi) is 3.87. The number of amides is 2. The van der Waals surface area contributed by atoms with Gasteiger partial charge in [0, 0.05) is 13.5 Å². The molecule has 1 aliphatic heterocycles. The molecule has 1 rings (SSSR count). The van der Waals surface area contributed by atoms with Gasteiger partial charge in [-0.05, 0) is 19.8 Å². The summed E-state index contributed by atoms with van der Waals surface area (Å²) in [7, 11) is 0. The summed E-state index contributed by atoms with van der Waals surface area (Å²) in [6, 6.07) is -1.42. The van der Waals surface area contributed by atoms with Crippen molar-refractivity contribution in [3.8, 4) is 0 Å². The van der Waals surface area contributed by atoms with Crippen molar-refractivity contribution in [1.82, 2.24) is 10.2 Å². The summed E-state index contributed by atoms with van der Waals surface area (Å²) in [6.45, 7) is 3.32. The first kappa shape index (κ1) is 12.5. The Bertz CT molecular complexity index is 316. The average Bonchev–Trinajstić information content (AvgIpc) is 2.63. The Morgan fingerprint density at radius 2 is 2.06 bits per heavy atom. The van der Waals surface area contributed by atoms with Gasteiger partial charge in [-0.1, -0.05) is 0 Å². The molecule has 1 heterocycles. The van der Waals surface area contributed by atoms with Gasteiger partial charge in [0.1, 0.15) is 12.1 Å². The van der Waals surface area contributed by atoms with Crippen LogP contribution in [0.3, 0.4) is 0 Å². The number of carbonyl (C=O) groups is 3. The highest BCUT2D eigenvalue weighted by atomic mass is 16.4. The number of carboxylic acid groups (broad SMARTS) is 1. The van der Waals surface area contributed by atoms with E-state index in [2.05, 4.69) is 5.32 Å². The van der Waals surface area contributed by atoms with Crippen molar-refractivity contribution in [2.75, 3.05) is 6.54 Å². The second-order valence-electron chi connectivity index (χ2n) is 3.95. The Morgan fingerprint density at radius 3 is 2.56 bits per heavy atom. The molecule has 0 saturated carbocycles. The summed E-state index contributed by atoms with van der Waals surface area (Å²) >= 11 is 0. The van der Waals surface area contributed by atoms with Gasteiger partial charge in [-0.2, -0.15) is 0 Å². The van der Waals surface area contributed by atoms with E-state index >= 15 is 0 Å². The van der Waals surface area contributed by atoms with E-state index in [9.17, 15) is 14.4 Å². The zero-order valence-electron chi connectivity index (χ0n) is 9.40. The van der Waals surface area contributed by atoms with Crippen LogP contribution in [0, 0.1) is 0 Å². The number of hydrogen-bond donors (Lipinski definition) is 2. The number of carboxylic acids is 1. The lowest BCUT2D eigenvalue weighted by atomic mass is 10.2. The predicted octanol–water partition coefficient (Wildman–Crippen LogP) is -0.413. The van der Waals surface area contributed by atoms with Gasteiger partial charge < -0.3 is 15.3 Å². The third-order valence-electron chi connectivity index (χ3n) is 2.61. The Morgan fingerprint density at radius 1 is 1.44 bits per heavy atom. The Balaban J connectivity index is 2.65. The summed E-state index contributed by atoms with van der Waals surface area (Å²) in [5.41, 5.74) is 0. The highest BCUT2D eigenvalue weighted by molar-refractivity contribution is 5.90. The number of rotatable bonds is 3. The monoisotopic (exact) mass is 228 g/mol.